The number of Topliss-reactive ketones (excluding diaryl/α,β-unsaturated/α-hetero) is 1. The van der Waals surface area contributed by atoms with E-state index in [1.54, 1.807) is 18.2 Å². The number of nitrogens with one attached hydrogen (secondary N) is 1. The van der Waals surface area contributed by atoms with Gasteiger partial charge in [-0.3, -0.25) is 4.79 Å². The average Bonchev–Trinajstić information content (AvgIpc) is 2.54. The Labute approximate surface area is 150 Å². The van der Waals surface area contributed by atoms with E-state index in [2.05, 4.69) is 4.72 Å². The molecule has 0 aliphatic carbocycles. The summed E-state index contributed by atoms with van der Waals surface area (Å²) in [6.07, 6.45) is 0.200. The van der Waals surface area contributed by atoms with Crippen LogP contribution in [0.3, 0.4) is 0 Å². The Morgan fingerprint density at radius 2 is 1.96 bits per heavy atom. The highest BCUT2D eigenvalue weighted by atomic mass is 35.5. The van der Waals surface area contributed by atoms with Gasteiger partial charge in [-0.2, -0.15) is 0 Å². The summed E-state index contributed by atoms with van der Waals surface area (Å²) in [5, 5.41) is 8.98. The number of carboxylic acids is 1. The molecule has 0 fully saturated rings. The Kier molecular flexibility index (Phi) is 4.73. The largest absolute Gasteiger partial charge is 0.592 e. The Balaban J connectivity index is 1.92. The number of fused-ring (bicyclic) bond motifs is 1. The number of rotatable bonds is 3. The summed E-state index contributed by atoms with van der Waals surface area (Å²) in [7, 11) is 0. The van der Waals surface area contributed by atoms with E-state index < -0.39 is 22.6 Å². The fourth-order valence-electron chi connectivity index (χ4n) is 2.47. The molecule has 2 N–H and O–H groups in total. The zero-order chi connectivity index (χ0) is 17.4. The first-order valence-corrected chi connectivity index (χ1v) is 8.86. The van der Waals surface area contributed by atoms with Crippen molar-refractivity contribution in [2.75, 3.05) is 4.72 Å². The van der Waals surface area contributed by atoms with E-state index in [1.165, 1.54) is 18.2 Å². The second-order valence-corrected chi connectivity index (χ2v) is 7.45. The van der Waals surface area contributed by atoms with Gasteiger partial charge in [0.1, 0.15) is 0 Å². The first-order chi connectivity index (χ1) is 11.4. The lowest BCUT2D eigenvalue weighted by Crippen LogP contribution is -2.41. The van der Waals surface area contributed by atoms with Gasteiger partial charge in [0.05, 0.1) is 38.2 Å². The van der Waals surface area contributed by atoms with Crippen LogP contribution in [0.2, 0.25) is 10.0 Å². The van der Waals surface area contributed by atoms with E-state index in [0.717, 1.165) is 5.56 Å². The lowest BCUT2D eigenvalue weighted by atomic mass is 9.99. The van der Waals surface area contributed by atoms with Gasteiger partial charge in [0.25, 0.3) is 0 Å². The molecule has 124 valence electrons. The molecule has 8 heteroatoms. The molecule has 1 aliphatic rings. The number of hydrogen-bond acceptors (Lipinski definition) is 4. The van der Waals surface area contributed by atoms with Crippen LogP contribution in [0.5, 0.6) is 0 Å². The standard InChI is InChI=1S/C16H11Cl2NO4S/c17-11-3-1-8(5-12(11)18)6-14-15(20)10-7-9(16(21)22)2-4-13(10)19-24(14)23/h1-5,7,14,19H,6H2,(H,21,22). The van der Waals surface area contributed by atoms with Crippen molar-refractivity contribution in [2.24, 2.45) is 0 Å². The molecule has 0 amide bonds. The Bertz CT molecular complexity index is 843. The predicted octanol–water partition coefficient (Wildman–Crippen LogP) is 3.57. The van der Waals surface area contributed by atoms with E-state index in [9.17, 15) is 14.1 Å². The molecule has 0 radical (unpaired) electrons. The van der Waals surface area contributed by atoms with Gasteiger partial charge >= 0.3 is 5.97 Å². The highest BCUT2D eigenvalue weighted by Crippen LogP contribution is 2.31. The van der Waals surface area contributed by atoms with Crippen molar-refractivity contribution in [1.82, 2.24) is 0 Å². The molecule has 1 heterocycles. The van der Waals surface area contributed by atoms with E-state index >= 15 is 0 Å². The van der Waals surface area contributed by atoms with Crippen LogP contribution in [0.4, 0.5) is 5.69 Å². The maximum Gasteiger partial charge on any atom is 0.335 e. The number of halogens is 2. The van der Waals surface area contributed by atoms with Crippen LogP contribution < -0.4 is 4.72 Å². The fourth-order valence-corrected chi connectivity index (χ4v) is 3.99. The molecule has 0 saturated heterocycles. The van der Waals surface area contributed by atoms with Gasteiger partial charge in [0.15, 0.2) is 0 Å². The van der Waals surface area contributed by atoms with Crippen molar-refractivity contribution >= 4 is 52.0 Å². The molecular formula is C16H11Cl2NO4S. The van der Waals surface area contributed by atoms with E-state index in [-0.39, 0.29) is 23.3 Å². The van der Waals surface area contributed by atoms with Crippen LogP contribution >= 0.6 is 23.2 Å². The van der Waals surface area contributed by atoms with Gasteiger partial charge in [0.2, 0.25) is 11.0 Å². The molecule has 0 spiro atoms. The monoisotopic (exact) mass is 383 g/mol. The Morgan fingerprint density at radius 3 is 2.62 bits per heavy atom. The van der Waals surface area contributed by atoms with Crippen LogP contribution in [0.15, 0.2) is 36.4 Å². The topological polar surface area (TPSA) is 89.5 Å². The van der Waals surface area contributed by atoms with Crippen molar-refractivity contribution < 1.29 is 19.2 Å². The third-order valence-electron chi connectivity index (χ3n) is 3.70. The molecule has 2 aromatic rings. The van der Waals surface area contributed by atoms with Crippen LogP contribution in [-0.4, -0.2) is 26.7 Å². The first-order valence-electron chi connectivity index (χ1n) is 6.89. The summed E-state index contributed by atoms with van der Waals surface area (Å²) in [5.41, 5.74) is 1.31. The number of carboxylic acid groups (broad SMARTS) is 1. The van der Waals surface area contributed by atoms with Gasteiger partial charge < -0.3 is 9.66 Å². The summed E-state index contributed by atoms with van der Waals surface area (Å²) >= 11 is 10.2. The normalized spacial score (nSPS) is 19.5. The Hall–Kier alpha value is -1.73. The molecule has 2 atom stereocenters. The van der Waals surface area contributed by atoms with Crippen molar-refractivity contribution in [2.45, 2.75) is 11.7 Å². The second-order valence-electron chi connectivity index (χ2n) is 5.27. The van der Waals surface area contributed by atoms with Gasteiger partial charge in [-0.1, -0.05) is 29.3 Å². The average molecular weight is 384 g/mol. The Morgan fingerprint density at radius 1 is 1.21 bits per heavy atom. The van der Waals surface area contributed by atoms with Gasteiger partial charge in [-0.15, -0.1) is 0 Å². The highest BCUT2D eigenvalue weighted by Gasteiger charge is 2.39. The summed E-state index contributed by atoms with van der Waals surface area (Å²) in [6, 6.07) is 9.05. The number of carbonyl (C=O) groups excluding carboxylic acids is 1. The molecular weight excluding hydrogens is 373 g/mol. The van der Waals surface area contributed by atoms with Crippen LogP contribution in [0.1, 0.15) is 26.3 Å². The number of aromatic carboxylic acids is 1. The quantitative estimate of drug-likeness (QED) is 0.790. The van der Waals surface area contributed by atoms with Crippen molar-refractivity contribution in [3.8, 4) is 0 Å². The lowest BCUT2D eigenvalue weighted by Gasteiger charge is -2.27. The second kappa shape index (κ2) is 6.64. The minimum Gasteiger partial charge on any atom is -0.592 e. The predicted molar refractivity (Wildman–Crippen MR) is 93.5 cm³/mol. The van der Waals surface area contributed by atoms with Crippen molar-refractivity contribution in [1.29, 1.82) is 0 Å². The molecule has 3 rings (SSSR count). The van der Waals surface area contributed by atoms with E-state index in [1.807, 2.05) is 0 Å². The van der Waals surface area contributed by atoms with Crippen LogP contribution in [0, 0.1) is 0 Å². The molecule has 24 heavy (non-hydrogen) atoms. The number of anilines is 1. The van der Waals surface area contributed by atoms with Crippen LogP contribution in [0.25, 0.3) is 0 Å². The minimum atomic E-state index is -1.62. The number of hydrogen-bond donors (Lipinski definition) is 2. The first kappa shape index (κ1) is 17.1. The third-order valence-corrected chi connectivity index (χ3v) is 5.76. The summed E-state index contributed by atoms with van der Waals surface area (Å²) in [4.78, 5) is 23.8. The minimum absolute atomic E-state index is 0.00451. The zero-order valence-electron chi connectivity index (χ0n) is 12.1. The van der Waals surface area contributed by atoms with E-state index in [4.69, 9.17) is 28.3 Å². The zero-order valence-corrected chi connectivity index (χ0v) is 14.4. The smallest absolute Gasteiger partial charge is 0.335 e. The summed E-state index contributed by atoms with van der Waals surface area (Å²) < 4.78 is 15.1. The summed E-state index contributed by atoms with van der Waals surface area (Å²) in [6.45, 7) is 0. The van der Waals surface area contributed by atoms with Crippen molar-refractivity contribution in [3.05, 3.63) is 63.1 Å². The molecule has 1 aliphatic heterocycles. The van der Waals surface area contributed by atoms with Crippen molar-refractivity contribution in [3.63, 3.8) is 0 Å². The molecule has 2 aromatic carbocycles. The fraction of sp³-hybridized carbons (Fsp3) is 0.125. The lowest BCUT2D eigenvalue weighted by molar-refractivity contribution is 0.0697. The van der Waals surface area contributed by atoms with Gasteiger partial charge in [0, 0.05) is 6.42 Å². The number of ketones is 1. The molecule has 2 unspecified atom stereocenters. The maximum atomic E-state index is 12.7. The van der Waals surface area contributed by atoms with Gasteiger partial charge in [-0.25, -0.2) is 9.52 Å². The van der Waals surface area contributed by atoms with Crippen LogP contribution in [-0.2, 0) is 17.8 Å². The number of carbonyl (C=O) groups is 2. The SMILES string of the molecule is O=C(O)c1ccc2c(c1)C(=O)C(Cc1ccc(Cl)c(Cl)c1)[S+]([O-])N2. The third kappa shape index (κ3) is 3.23. The summed E-state index contributed by atoms with van der Waals surface area (Å²) in [5.74, 6) is -1.49. The maximum absolute atomic E-state index is 12.7. The molecule has 0 aromatic heterocycles. The van der Waals surface area contributed by atoms with E-state index in [0.29, 0.717) is 15.7 Å². The molecule has 5 nitrogen and oxygen atoms in total. The number of benzene rings is 2. The molecule has 0 bridgehead atoms. The molecule has 0 saturated carbocycles. The highest BCUT2D eigenvalue weighted by molar-refractivity contribution is 7.94. The van der Waals surface area contributed by atoms with Gasteiger partial charge in [-0.05, 0) is 35.9 Å².